The van der Waals surface area contributed by atoms with Gasteiger partial charge in [0.2, 0.25) is 5.91 Å². The van der Waals surface area contributed by atoms with Gasteiger partial charge in [0.25, 0.3) is 0 Å². The summed E-state index contributed by atoms with van der Waals surface area (Å²) in [6, 6.07) is 15.8. The highest BCUT2D eigenvalue weighted by atomic mass is 16.4. The Bertz CT molecular complexity index is 841. The number of likely N-dealkylation sites (N-methyl/N-ethyl adjacent to an activating group) is 1. The van der Waals surface area contributed by atoms with E-state index in [1.807, 2.05) is 48.5 Å². The van der Waals surface area contributed by atoms with Gasteiger partial charge in [-0.2, -0.15) is 0 Å². The molecule has 0 heterocycles. The number of rotatable bonds is 11. The summed E-state index contributed by atoms with van der Waals surface area (Å²) in [5.41, 5.74) is 1.81. The molecule has 7 nitrogen and oxygen atoms in total. The number of carbonyl (C=O) groups is 3. The number of carboxylic acid groups (broad SMARTS) is 2. The Kier molecular flexibility index (Phi) is 8.55. The predicted molar refractivity (Wildman–Crippen MR) is 113 cm³/mol. The Morgan fingerprint density at radius 2 is 1.43 bits per heavy atom. The molecule has 160 valence electrons. The number of aliphatic carboxylic acids is 2. The van der Waals surface area contributed by atoms with E-state index in [4.69, 9.17) is 0 Å². The van der Waals surface area contributed by atoms with Crippen molar-refractivity contribution in [2.24, 2.45) is 0 Å². The lowest BCUT2D eigenvalue weighted by molar-refractivity contribution is -0.150. The Hall–Kier alpha value is -3.19. The third kappa shape index (κ3) is 6.70. The van der Waals surface area contributed by atoms with E-state index < -0.39 is 36.0 Å². The number of nitrogens with one attached hydrogen (secondary N) is 1. The maximum Gasteiger partial charge on any atom is 0.326 e. The number of hydrogen-bond acceptors (Lipinski definition) is 4. The van der Waals surface area contributed by atoms with E-state index >= 15 is 0 Å². The third-order valence-corrected chi connectivity index (χ3v) is 5.06. The molecule has 0 aliphatic rings. The van der Waals surface area contributed by atoms with Gasteiger partial charge in [-0.25, -0.2) is 4.79 Å². The number of amides is 1. The van der Waals surface area contributed by atoms with Gasteiger partial charge in [-0.3, -0.25) is 14.9 Å². The van der Waals surface area contributed by atoms with E-state index in [9.17, 15) is 24.6 Å². The summed E-state index contributed by atoms with van der Waals surface area (Å²) in [4.78, 5) is 37.4. The van der Waals surface area contributed by atoms with E-state index in [1.165, 1.54) is 11.9 Å². The van der Waals surface area contributed by atoms with Gasteiger partial charge in [0.05, 0.1) is 6.04 Å². The molecule has 3 atom stereocenters. The highest BCUT2D eigenvalue weighted by Crippen LogP contribution is 2.11. The van der Waals surface area contributed by atoms with E-state index in [0.717, 1.165) is 11.1 Å². The van der Waals surface area contributed by atoms with Crippen molar-refractivity contribution in [3.05, 3.63) is 71.8 Å². The molecule has 2 rings (SSSR count). The smallest absolute Gasteiger partial charge is 0.326 e. The second-order valence-electron chi connectivity index (χ2n) is 7.30. The minimum atomic E-state index is -1.11. The summed E-state index contributed by atoms with van der Waals surface area (Å²) >= 11 is 0. The van der Waals surface area contributed by atoms with Crippen molar-refractivity contribution in [2.45, 2.75) is 44.3 Å². The van der Waals surface area contributed by atoms with Crippen LogP contribution in [0.5, 0.6) is 0 Å². The van der Waals surface area contributed by atoms with Crippen molar-refractivity contribution >= 4 is 17.8 Å². The molecular formula is C23H28N2O5. The predicted octanol–water partition coefficient (Wildman–Crippen LogP) is 2.20. The van der Waals surface area contributed by atoms with Crippen molar-refractivity contribution in [3.63, 3.8) is 0 Å². The van der Waals surface area contributed by atoms with Crippen LogP contribution in [0.2, 0.25) is 0 Å². The molecule has 0 fully saturated rings. The van der Waals surface area contributed by atoms with Crippen molar-refractivity contribution in [2.75, 3.05) is 7.05 Å². The summed E-state index contributed by atoms with van der Waals surface area (Å²) in [6.07, 6.45) is 1.03. The molecule has 0 aromatic heterocycles. The molecule has 0 radical (unpaired) electrons. The quantitative estimate of drug-likeness (QED) is 0.522. The monoisotopic (exact) mass is 412 g/mol. The lowest BCUT2D eigenvalue weighted by Gasteiger charge is -2.29. The molecule has 2 aromatic carbocycles. The lowest BCUT2D eigenvalue weighted by atomic mass is 10.0. The summed E-state index contributed by atoms with van der Waals surface area (Å²) in [5.74, 6) is -2.63. The first-order chi connectivity index (χ1) is 14.3. The summed E-state index contributed by atoms with van der Waals surface area (Å²) in [7, 11) is 1.43. The SMILES string of the molecule is C[C@H](NC(CCc1ccccc1)C(=O)O)C(=O)N(C)[C@@H](Cc1ccccc1)C(=O)O. The Balaban J connectivity index is 2.01. The van der Waals surface area contributed by atoms with Crippen LogP contribution in [0.1, 0.15) is 24.5 Å². The fourth-order valence-corrected chi connectivity index (χ4v) is 3.29. The molecule has 0 spiro atoms. The summed E-state index contributed by atoms with van der Waals surface area (Å²) < 4.78 is 0. The average molecular weight is 412 g/mol. The number of nitrogens with zero attached hydrogens (tertiary/aromatic N) is 1. The van der Waals surface area contributed by atoms with Crippen molar-refractivity contribution in [3.8, 4) is 0 Å². The molecule has 1 unspecified atom stereocenters. The van der Waals surface area contributed by atoms with Crippen LogP contribution in [-0.2, 0) is 27.2 Å². The van der Waals surface area contributed by atoms with Crippen molar-refractivity contribution in [1.82, 2.24) is 10.2 Å². The highest BCUT2D eigenvalue weighted by molar-refractivity contribution is 5.87. The van der Waals surface area contributed by atoms with Crippen LogP contribution in [0.15, 0.2) is 60.7 Å². The van der Waals surface area contributed by atoms with E-state index in [0.29, 0.717) is 12.8 Å². The zero-order valence-corrected chi connectivity index (χ0v) is 17.2. The van der Waals surface area contributed by atoms with Gasteiger partial charge in [0.15, 0.2) is 0 Å². The first kappa shape index (κ1) is 23.1. The maximum atomic E-state index is 12.8. The largest absolute Gasteiger partial charge is 0.480 e. The van der Waals surface area contributed by atoms with Crippen LogP contribution in [0.3, 0.4) is 0 Å². The molecule has 0 saturated heterocycles. The van der Waals surface area contributed by atoms with Gasteiger partial charge in [-0.1, -0.05) is 60.7 Å². The summed E-state index contributed by atoms with van der Waals surface area (Å²) in [5, 5.41) is 22.0. The maximum absolute atomic E-state index is 12.8. The van der Waals surface area contributed by atoms with Gasteiger partial charge in [-0.15, -0.1) is 0 Å². The Morgan fingerprint density at radius 1 is 0.900 bits per heavy atom. The standard InChI is InChI=1S/C23H28N2O5/c1-16(24-19(22(27)28)14-13-17-9-5-3-6-10-17)21(26)25(2)20(23(29)30)15-18-11-7-4-8-12-18/h3-12,16,19-20,24H,13-15H2,1-2H3,(H,27,28)(H,29,30)/t16-,19?,20-/m0/s1. The van der Waals surface area contributed by atoms with Crippen LogP contribution < -0.4 is 5.32 Å². The van der Waals surface area contributed by atoms with Gasteiger partial charge < -0.3 is 15.1 Å². The molecule has 0 aliphatic carbocycles. The molecule has 2 aromatic rings. The fourth-order valence-electron chi connectivity index (χ4n) is 3.29. The normalized spacial score (nSPS) is 13.8. The molecule has 30 heavy (non-hydrogen) atoms. The van der Waals surface area contributed by atoms with Crippen LogP contribution >= 0.6 is 0 Å². The zero-order chi connectivity index (χ0) is 22.1. The first-order valence-electron chi connectivity index (χ1n) is 9.85. The minimum absolute atomic E-state index is 0.168. The molecule has 3 N–H and O–H groups in total. The van der Waals surface area contributed by atoms with Gasteiger partial charge in [0.1, 0.15) is 12.1 Å². The number of aryl methyl sites for hydroxylation is 1. The number of carbonyl (C=O) groups excluding carboxylic acids is 1. The van der Waals surface area contributed by atoms with Crippen molar-refractivity contribution < 1.29 is 24.6 Å². The van der Waals surface area contributed by atoms with E-state index in [1.54, 1.807) is 19.1 Å². The van der Waals surface area contributed by atoms with Gasteiger partial charge in [0, 0.05) is 13.5 Å². The van der Waals surface area contributed by atoms with Gasteiger partial charge in [-0.05, 0) is 30.9 Å². The number of hydrogen-bond donors (Lipinski definition) is 3. The number of benzene rings is 2. The molecule has 7 heteroatoms. The molecular weight excluding hydrogens is 384 g/mol. The Labute approximate surface area is 176 Å². The minimum Gasteiger partial charge on any atom is -0.480 e. The third-order valence-electron chi connectivity index (χ3n) is 5.06. The fraction of sp³-hybridized carbons (Fsp3) is 0.348. The molecule has 0 aliphatic heterocycles. The van der Waals surface area contributed by atoms with Crippen LogP contribution in [0, 0.1) is 0 Å². The van der Waals surface area contributed by atoms with Crippen LogP contribution in [-0.4, -0.2) is 58.1 Å². The lowest BCUT2D eigenvalue weighted by Crippen LogP contribution is -2.54. The Morgan fingerprint density at radius 3 is 1.93 bits per heavy atom. The average Bonchev–Trinajstić information content (AvgIpc) is 2.74. The van der Waals surface area contributed by atoms with Crippen LogP contribution in [0.4, 0.5) is 0 Å². The summed E-state index contributed by atoms with van der Waals surface area (Å²) in [6.45, 7) is 1.55. The van der Waals surface area contributed by atoms with E-state index in [-0.39, 0.29) is 6.42 Å². The molecule has 0 saturated carbocycles. The van der Waals surface area contributed by atoms with Crippen LogP contribution in [0.25, 0.3) is 0 Å². The number of carboxylic acids is 2. The zero-order valence-electron chi connectivity index (χ0n) is 17.2. The first-order valence-corrected chi connectivity index (χ1v) is 9.85. The van der Waals surface area contributed by atoms with Crippen molar-refractivity contribution in [1.29, 1.82) is 0 Å². The molecule has 0 bridgehead atoms. The van der Waals surface area contributed by atoms with E-state index in [2.05, 4.69) is 5.32 Å². The molecule has 1 amide bonds. The second-order valence-corrected chi connectivity index (χ2v) is 7.30. The highest BCUT2D eigenvalue weighted by Gasteiger charge is 2.31. The van der Waals surface area contributed by atoms with Gasteiger partial charge >= 0.3 is 11.9 Å². The topological polar surface area (TPSA) is 107 Å². The second kappa shape index (κ2) is 11.1.